The van der Waals surface area contributed by atoms with Crippen LogP contribution in [0.25, 0.3) is 11.3 Å². The van der Waals surface area contributed by atoms with Crippen LogP contribution in [0.2, 0.25) is 5.02 Å². The van der Waals surface area contributed by atoms with E-state index in [-0.39, 0.29) is 12.1 Å². The quantitative estimate of drug-likeness (QED) is 0.864. The first-order valence-corrected chi connectivity index (χ1v) is 9.52. The van der Waals surface area contributed by atoms with Gasteiger partial charge in [-0.2, -0.15) is 5.10 Å². The number of ether oxygens (including phenoxy) is 1. The Kier molecular flexibility index (Phi) is 5.13. The van der Waals surface area contributed by atoms with E-state index in [0.29, 0.717) is 17.5 Å². The van der Waals surface area contributed by atoms with Crippen LogP contribution in [0.4, 0.5) is 4.79 Å². The lowest BCUT2D eigenvalue weighted by molar-refractivity contribution is 0.168. The highest BCUT2D eigenvalue weighted by Gasteiger charge is 2.27. The maximum atomic E-state index is 12.3. The summed E-state index contributed by atoms with van der Waals surface area (Å²) in [7, 11) is 0. The van der Waals surface area contributed by atoms with Crippen molar-refractivity contribution in [1.82, 2.24) is 20.4 Å². The molecule has 26 heavy (non-hydrogen) atoms. The minimum atomic E-state index is 0.0281. The van der Waals surface area contributed by atoms with Crippen molar-refractivity contribution in [3.05, 3.63) is 41.0 Å². The number of hydrogen-bond donors (Lipinski definition) is 2. The first kappa shape index (κ1) is 17.4. The minimum absolute atomic E-state index is 0.0281. The van der Waals surface area contributed by atoms with Crippen molar-refractivity contribution in [2.45, 2.75) is 31.2 Å². The lowest BCUT2D eigenvalue weighted by atomic mass is 9.93. The Morgan fingerprint density at radius 1 is 1.27 bits per heavy atom. The van der Waals surface area contributed by atoms with Gasteiger partial charge in [-0.05, 0) is 31.4 Å². The molecule has 2 aliphatic rings. The summed E-state index contributed by atoms with van der Waals surface area (Å²) in [5, 5.41) is 11.4. The number of aromatic amines is 1. The number of carbonyl (C=O) groups is 1. The fourth-order valence-electron chi connectivity index (χ4n) is 3.66. The third kappa shape index (κ3) is 3.71. The van der Waals surface area contributed by atoms with Gasteiger partial charge in [0.05, 0.1) is 23.4 Å². The van der Waals surface area contributed by atoms with Crippen LogP contribution < -0.4 is 5.32 Å². The molecule has 2 fully saturated rings. The van der Waals surface area contributed by atoms with Crippen LogP contribution in [0.15, 0.2) is 30.3 Å². The number of nitrogens with zero attached hydrogens (tertiary/aromatic N) is 2. The van der Waals surface area contributed by atoms with Gasteiger partial charge in [-0.1, -0.05) is 29.8 Å². The summed E-state index contributed by atoms with van der Waals surface area (Å²) in [5.41, 5.74) is 2.92. The number of piperidine rings is 1. The van der Waals surface area contributed by atoms with Gasteiger partial charge in [-0.15, -0.1) is 0 Å². The number of nitrogens with one attached hydrogen (secondary N) is 2. The molecule has 0 aliphatic carbocycles. The van der Waals surface area contributed by atoms with Crippen LogP contribution >= 0.6 is 11.6 Å². The highest BCUT2D eigenvalue weighted by Crippen LogP contribution is 2.31. The van der Waals surface area contributed by atoms with Crippen molar-refractivity contribution in [2.75, 3.05) is 26.3 Å². The van der Waals surface area contributed by atoms with Crippen molar-refractivity contribution < 1.29 is 9.53 Å². The maximum absolute atomic E-state index is 12.3. The molecule has 0 unspecified atom stereocenters. The molecule has 0 spiro atoms. The molecule has 138 valence electrons. The number of halogens is 1. The van der Waals surface area contributed by atoms with Gasteiger partial charge in [0.2, 0.25) is 0 Å². The van der Waals surface area contributed by atoms with Gasteiger partial charge in [0.1, 0.15) is 0 Å². The number of aromatic nitrogens is 2. The van der Waals surface area contributed by atoms with E-state index in [9.17, 15) is 4.79 Å². The molecule has 1 atom stereocenters. The van der Waals surface area contributed by atoms with Gasteiger partial charge >= 0.3 is 6.03 Å². The molecular weight excluding hydrogens is 352 g/mol. The van der Waals surface area contributed by atoms with Crippen molar-refractivity contribution in [3.63, 3.8) is 0 Å². The monoisotopic (exact) mass is 374 g/mol. The molecule has 1 aromatic carbocycles. The zero-order valence-electron chi connectivity index (χ0n) is 14.6. The molecule has 3 heterocycles. The van der Waals surface area contributed by atoms with E-state index in [1.165, 1.54) is 0 Å². The Bertz CT molecular complexity index is 764. The fraction of sp³-hybridized carbons (Fsp3) is 0.474. The predicted molar refractivity (Wildman–Crippen MR) is 100 cm³/mol. The molecule has 2 N–H and O–H groups in total. The van der Waals surface area contributed by atoms with Gasteiger partial charge in [0.25, 0.3) is 0 Å². The normalized spacial score (nSPS) is 21.1. The summed E-state index contributed by atoms with van der Waals surface area (Å²) in [4.78, 5) is 14.3. The lowest BCUT2D eigenvalue weighted by Gasteiger charge is -2.32. The molecule has 4 rings (SSSR count). The highest BCUT2D eigenvalue weighted by atomic mass is 35.5. The van der Waals surface area contributed by atoms with Gasteiger partial charge in [-0.3, -0.25) is 5.10 Å². The van der Waals surface area contributed by atoms with E-state index in [2.05, 4.69) is 21.6 Å². The van der Waals surface area contributed by atoms with Gasteiger partial charge < -0.3 is 15.0 Å². The van der Waals surface area contributed by atoms with E-state index in [1.54, 1.807) is 0 Å². The number of benzene rings is 1. The Labute approximate surface area is 157 Å². The van der Waals surface area contributed by atoms with Crippen molar-refractivity contribution >= 4 is 17.6 Å². The maximum Gasteiger partial charge on any atom is 0.317 e. The van der Waals surface area contributed by atoms with Crippen LogP contribution in [0.3, 0.4) is 0 Å². The standard InChI is InChI=1S/C19H23ClN4O2/c20-16-4-2-1-3-15(16)18-11-17(22-23-18)13-5-8-24(9-6-13)19(25)21-14-7-10-26-12-14/h1-4,11,13-14H,5-10,12H2,(H,21,25)(H,22,23)/t14-/m1/s1. The van der Waals surface area contributed by atoms with Gasteiger partial charge in [0, 0.05) is 36.9 Å². The second-order valence-electron chi connectivity index (χ2n) is 6.96. The molecule has 0 saturated carbocycles. The summed E-state index contributed by atoms with van der Waals surface area (Å²) in [5.74, 6) is 0.387. The molecule has 2 amide bonds. The van der Waals surface area contributed by atoms with E-state index >= 15 is 0 Å². The average Bonchev–Trinajstić information content (AvgIpc) is 3.34. The lowest BCUT2D eigenvalue weighted by Crippen LogP contribution is -2.47. The minimum Gasteiger partial charge on any atom is -0.379 e. The Morgan fingerprint density at radius 3 is 2.81 bits per heavy atom. The van der Waals surface area contributed by atoms with E-state index in [4.69, 9.17) is 16.3 Å². The largest absolute Gasteiger partial charge is 0.379 e. The molecule has 2 aromatic rings. The SMILES string of the molecule is O=C(N[C@@H]1CCOC1)N1CCC(c2cc(-c3ccccc3Cl)n[nH]2)CC1. The second kappa shape index (κ2) is 7.68. The second-order valence-corrected chi connectivity index (χ2v) is 7.37. The van der Waals surface area contributed by atoms with E-state index in [0.717, 1.165) is 55.9 Å². The zero-order valence-corrected chi connectivity index (χ0v) is 15.3. The predicted octanol–water partition coefficient (Wildman–Crippen LogP) is 3.41. The summed E-state index contributed by atoms with van der Waals surface area (Å²) < 4.78 is 5.31. The topological polar surface area (TPSA) is 70.2 Å². The van der Waals surface area contributed by atoms with E-state index < -0.39 is 0 Å². The van der Waals surface area contributed by atoms with E-state index in [1.807, 2.05) is 29.2 Å². The summed E-state index contributed by atoms with van der Waals surface area (Å²) in [6.07, 6.45) is 2.76. The smallest absolute Gasteiger partial charge is 0.317 e. The van der Waals surface area contributed by atoms with Crippen LogP contribution in [0, 0.1) is 0 Å². The molecule has 0 radical (unpaired) electrons. The van der Waals surface area contributed by atoms with Crippen molar-refractivity contribution in [3.8, 4) is 11.3 Å². The number of hydrogen-bond acceptors (Lipinski definition) is 3. The Morgan fingerprint density at radius 2 is 2.08 bits per heavy atom. The average molecular weight is 375 g/mol. The molecule has 2 aliphatic heterocycles. The fourth-order valence-corrected chi connectivity index (χ4v) is 3.89. The molecule has 6 nitrogen and oxygen atoms in total. The van der Waals surface area contributed by atoms with Crippen molar-refractivity contribution in [2.24, 2.45) is 0 Å². The molecule has 1 aromatic heterocycles. The Hall–Kier alpha value is -2.05. The molecule has 0 bridgehead atoms. The number of carbonyl (C=O) groups excluding carboxylic acids is 1. The van der Waals surface area contributed by atoms with Gasteiger partial charge in [-0.25, -0.2) is 4.79 Å². The third-order valence-corrected chi connectivity index (χ3v) is 5.56. The zero-order chi connectivity index (χ0) is 17.9. The first-order chi connectivity index (χ1) is 12.7. The van der Waals surface area contributed by atoms with Crippen molar-refractivity contribution in [1.29, 1.82) is 0 Å². The van der Waals surface area contributed by atoms with Crippen LogP contribution in [-0.4, -0.2) is 53.5 Å². The Balaban J connectivity index is 1.35. The van der Waals surface area contributed by atoms with Gasteiger partial charge in [0.15, 0.2) is 0 Å². The number of likely N-dealkylation sites (tertiary alicyclic amines) is 1. The summed E-state index contributed by atoms with van der Waals surface area (Å²) in [6.45, 7) is 2.87. The number of urea groups is 1. The van der Waals surface area contributed by atoms with Crippen LogP contribution in [0.5, 0.6) is 0 Å². The van der Waals surface area contributed by atoms with Crippen LogP contribution in [-0.2, 0) is 4.74 Å². The molecular formula is C19H23ClN4O2. The first-order valence-electron chi connectivity index (χ1n) is 9.14. The number of rotatable bonds is 3. The molecule has 2 saturated heterocycles. The number of amides is 2. The molecule has 7 heteroatoms. The third-order valence-electron chi connectivity index (χ3n) is 5.23. The number of H-pyrrole nitrogens is 1. The summed E-state index contributed by atoms with van der Waals surface area (Å²) >= 11 is 6.26. The highest BCUT2D eigenvalue weighted by molar-refractivity contribution is 6.33. The summed E-state index contributed by atoms with van der Waals surface area (Å²) in [6, 6.07) is 9.99. The van der Waals surface area contributed by atoms with Crippen LogP contribution in [0.1, 0.15) is 30.9 Å².